The van der Waals surface area contributed by atoms with Crippen molar-refractivity contribution in [3.63, 3.8) is 0 Å². The highest BCUT2D eigenvalue weighted by molar-refractivity contribution is 6.01. The van der Waals surface area contributed by atoms with Gasteiger partial charge in [0.2, 0.25) is 5.88 Å². The average molecular weight is 611 g/mol. The second kappa shape index (κ2) is 12.0. The van der Waals surface area contributed by atoms with Gasteiger partial charge in [-0.2, -0.15) is 9.97 Å². The third kappa shape index (κ3) is 5.43. The van der Waals surface area contributed by atoms with E-state index in [0.717, 1.165) is 24.9 Å². The van der Waals surface area contributed by atoms with Crippen molar-refractivity contribution in [2.24, 2.45) is 0 Å². The van der Waals surface area contributed by atoms with E-state index in [1.807, 2.05) is 30.3 Å². The molecule has 2 aliphatic heterocycles. The van der Waals surface area contributed by atoms with Gasteiger partial charge in [0.1, 0.15) is 43.0 Å². The van der Waals surface area contributed by atoms with Gasteiger partial charge in [-0.1, -0.05) is 66.4 Å². The van der Waals surface area contributed by atoms with Gasteiger partial charge in [0.15, 0.2) is 5.82 Å². The van der Waals surface area contributed by atoms with Crippen LogP contribution in [-0.4, -0.2) is 63.0 Å². The molecular weight excluding hydrogens is 581 g/mol. The van der Waals surface area contributed by atoms with Crippen LogP contribution in [0.4, 0.5) is 13.2 Å². The molecule has 0 radical (unpaired) electrons. The van der Waals surface area contributed by atoms with Crippen molar-refractivity contribution in [2.75, 3.05) is 26.3 Å². The lowest BCUT2D eigenvalue weighted by Crippen LogP contribution is -2.43. The fourth-order valence-corrected chi connectivity index (χ4v) is 6.55. The zero-order valence-electron chi connectivity index (χ0n) is 24.3. The second-order valence-corrected chi connectivity index (χ2v) is 11.4. The average Bonchev–Trinajstić information content (AvgIpc) is 3.58. The molecule has 4 heterocycles. The minimum absolute atomic E-state index is 0.0279. The molecule has 10 heteroatoms. The monoisotopic (exact) mass is 610 g/mol. The highest BCUT2D eigenvalue weighted by Gasteiger charge is 2.49. The molecule has 0 bridgehead atoms. The van der Waals surface area contributed by atoms with E-state index in [2.05, 4.69) is 31.7 Å². The van der Waals surface area contributed by atoms with Gasteiger partial charge in [-0.05, 0) is 36.4 Å². The fourth-order valence-electron chi connectivity index (χ4n) is 6.55. The Labute approximate surface area is 257 Å². The van der Waals surface area contributed by atoms with Gasteiger partial charge < -0.3 is 14.6 Å². The van der Waals surface area contributed by atoms with Crippen molar-refractivity contribution >= 4 is 21.7 Å². The third-order valence-electron chi connectivity index (χ3n) is 8.62. The summed E-state index contributed by atoms with van der Waals surface area (Å²) in [4.78, 5) is 15.5. The van der Waals surface area contributed by atoms with Crippen molar-refractivity contribution in [2.45, 2.75) is 37.6 Å². The maximum absolute atomic E-state index is 16.6. The number of aliphatic hydroxyl groups excluding tert-OH is 1. The van der Waals surface area contributed by atoms with Gasteiger partial charge >= 0.3 is 6.01 Å². The fraction of sp³-hybridized carbons (Fsp3) is 0.286. The molecule has 7 nitrogen and oxygen atoms in total. The molecule has 3 aromatic carbocycles. The molecule has 45 heavy (non-hydrogen) atoms. The predicted octanol–water partition coefficient (Wildman–Crippen LogP) is 6.00. The minimum Gasteiger partial charge on any atom is -0.472 e. The van der Waals surface area contributed by atoms with Crippen LogP contribution in [0.3, 0.4) is 0 Å². The smallest absolute Gasteiger partial charge is 0.320 e. The van der Waals surface area contributed by atoms with E-state index >= 15 is 4.39 Å². The van der Waals surface area contributed by atoms with Gasteiger partial charge in [-0.3, -0.25) is 9.88 Å². The molecule has 0 aliphatic carbocycles. The predicted molar refractivity (Wildman–Crippen MR) is 163 cm³/mol. The molecule has 2 fully saturated rings. The van der Waals surface area contributed by atoms with Crippen LogP contribution in [0.1, 0.15) is 30.4 Å². The topological polar surface area (TPSA) is 80.6 Å². The molecular formula is C35H29F3N4O3. The van der Waals surface area contributed by atoms with Crippen molar-refractivity contribution in [1.29, 1.82) is 0 Å². The number of aromatic nitrogens is 3. The van der Waals surface area contributed by atoms with E-state index in [-0.39, 0.29) is 47.3 Å². The van der Waals surface area contributed by atoms with Crippen LogP contribution in [0.15, 0.2) is 66.9 Å². The summed E-state index contributed by atoms with van der Waals surface area (Å²) < 4.78 is 58.1. The lowest BCUT2D eigenvalue weighted by molar-refractivity contribution is 0.106. The van der Waals surface area contributed by atoms with Crippen LogP contribution >= 0.6 is 0 Å². The Hall–Kier alpha value is -4.72. The molecule has 7 rings (SSSR count). The first-order chi connectivity index (χ1) is 22.0. The largest absolute Gasteiger partial charge is 0.472 e. The Balaban J connectivity index is 1.34. The van der Waals surface area contributed by atoms with E-state index in [4.69, 9.17) is 9.47 Å². The number of ether oxygens (including phenoxy) is 2. The summed E-state index contributed by atoms with van der Waals surface area (Å²) in [6.07, 6.45) is 2.59. The summed E-state index contributed by atoms with van der Waals surface area (Å²) in [5.74, 6) is 3.87. The Kier molecular flexibility index (Phi) is 7.73. The van der Waals surface area contributed by atoms with Crippen molar-refractivity contribution in [1.82, 2.24) is 19.9 Å². The summed E-state index contributed by atoms with van der Waals surface area (Å²) in [6.45, 7) is 1.02. The number of fused-ring (bicyclic) bond motifs is 3. The SMILES string of the molecule is OCC#Cc1c(F)ccc2cccc(-c3ncc4c(OCc5ccccc5)nc(OC[C@@]56CCCN5C[C@H](F)C6)nc4c3F)c12. The van der Waals surface area contributed by atoms with E-state index in [1.165, 1.54) is 12.3 Å². The number of aliphatic hydroxyl groups is 1. The summed E-state index contributed by atoms with van der Waals surface area (Å²) in [7, 11) is 0. The number of rotatable bonds is 7. The lowest BCUT2D eigenvalue weighted by Gasteiger charge is -2.30. The van der Waals surface area contributed by atoms with Crippen molar-refractivity contribution in [3.05, 3.63) is 89.6 Å². The molecule has 228 valence electrons. The molecule has 0 spiro atoms. The standard InChI is InChI=1S/C35H29F3N4O3/c36-24-17-35(14-6-15-42(35)19-24)21-45-34-40-32-27(33(41-34)44-20-22-7-2-1-3-8-22)18-39-31(30(32)38)26-10-4-9-23-12-13-28(37)25(29(23)26)11-5-16-43/h1-4,7-10,12-13,18,24,43H,6,14-17,19-21H2/t24-,35+/m1/s1. The Bertz CT molecular complexity index is 1960. The molecule has 2 aliphatic rings. The van der Waals surface area contributed by atoms with E-state index in [0.29, 0.717) is 29.3 Å². The summed E-state index contributed by atoms with van der Waals surface area (Å²) in [5, 5.41) is 10.5. The van der Waals surface area contributed by atoms with Crippen LogP contribution < -0.4 is 9.47 Å². The molecule has 2 aromatic heterocycles. The number of nitrogens with zero attached hydrogens (tertiary/aromatic N) is 4. The Morgan fingerprint density at radius 2 is 1.89 bits per heavy atom. The van der Waals surface area contributed by atoms with Crippen molar-refractivity contribution < 1.29 is 27.8 Å². The number of hydrogen-bond acceptors (Lipinski definition) is 7. The van der Waals surface area contributed by atoms with Crippen LogP contribution in [0.5, 0.6) is 11.9 Å². The molecule has 5 aromatic rings. The number of alkyl halides is 1. The molecule has 2 atom stereocenters. The van der Waals surface area contributed by atoms with Gasteiger partial charge in [-0.25, -0.2) is 13.2 Å². The maximum atomic E-state index is 16.6. The highest BCUT2D eigenvalue weighted by Crippen LogP contribution is 2.41. The van der Waals surface area contributed by atoms with Crippen LogP contribution in [0.25, 0.3) is 32.9 Å². The highest BCUT2D eigenvalue weighted by atomic mass is 19.1. The number of benzene rings is 3. The minimum atomic E-state index is -0.931. The second-order valence-electron chi connectivity index (χ2n) is 11.4. The van der Waals surface area contributed by atoms with Gasteiger partial charge in [-0.15, -0.1) is 0 Å². The molecule has 1 N–H and O–H groups in total. The van der Waals surface area contributed by atoms with Crippen molar-refractivity contribution in [3.8, 4) is 35.0 Å². The summed E-state index contributed by atoms with van der Waals surface area (Å²) in [6, 6.07) is 17.4. The molecule has 0 amide bonds. The van der Waals surface area contributed by atoms with Gasteiger partial charge in [0, 0.05) is 30.1 Å². The zero-order valence-corrected chi connectivity index (χ0v) is 24.3. The molecule has 0 saturated carbocycles. The maximum Gasteiger partial charge on any atom is 0.320 e. The summed E-state index contributed by atoms with van der Waals surface area (Å²) in [5.41, 5.74) is 0.610. The Morgan fingerprint density at radius 3 is 2.73 bits per heavy atom. The first kappa shape index (κ1) is 29.0. The Morgan fingerprint density at radius 1 is 1.02 bits per heavy atom. The number of halogens is 3. The number of hydrogen-bond donors (Lipinski definition) is 1. The quantitative estimate of drug-likeness (QED) is 0.227. The first-order valence-corrected chi connectivity index (χ1v) is 14.8. The normalized spacial score (nSPS) is 19.4. The van der Waals surface area contributed by atoms with Gasteiger partial charge in [0.05, 0.1) is 16.5 Å². The van der Waals surface area contributed by atoms with E-state index in [9.17, 15) is 13.9 Å². The summed E-state index contributed by atoms with van der Waals surface area (Å²) >= 11 is 0. The van der Waals surface area contributed by atoms with Crippen LogP contribution in [0.2, 0.25) is 0 Å². The first-order valence-electron chi connectivity index (χ1n) is 14.8. The van der Waals surface area contributed by atoms with Crippen LogP contribution in [0, 0.1) is 23.5 Å². The zero-order chi connectivity index (χ0) is 31.0. The van der Waals surface area contributed by atoms with E-state index < -0.39 is 30.0 Å². The molecule has 0 unspecified atom stereocenters. The van der Waals surface area contributed by atoms with E-state index in [1.54, 1.807) is 24.3 Å². The van der Waals surface area contributed by atoms with Crippen LogP contribution in [-0.2, 0) is 6.61 Å². The van der Waals surface area contributed by atoms with Gasteiger partial charge in [0.25, 0.3) is 0 Å². The lowest BCUT2D eigenvalue weighted by atomic mass is 9.95. The number of pyridine rings is 1. The molecule has 2 saturated heterocycles. The third-order valence-corrected chi connectivity index (χ3v) is 8.62.